The molecular formula is C14H21NO. The zero-order valence-electron chi connectivity index (χ0n) is 10.0. The van der Waals surface area contributed by atoms with Crippen LogP contribution in [-0.4, -0.2) is 19.2 Å². The van der Waals surface area contributed by atoms with Crippen molar-refractivity contribution in [1.29, 1.82) is 0 Å². The maximum absolute atomic E-state index is 5.85. The molecule has 0 radical (unpaired) electrons. The highest BCUT2D eigenvalue weighted by Gasteiger charge is 2.13. The molecular weight excluding hydrogens is 198 g/mol. The zero-order chi connectivity index (χ0) is 11.2. The van der Waals surface area contributed by atoms with Crippen molar-refractivity contribution < 1.29 is 4.74 Å². The number of rotatable bonds is 5. The molecule has 1 heterocycles. The Morgan fingerprint density at radius 2 is 2.25 bits per heavy atom. The molecule has 1 atom stereocenters. The number of benzene rings is 1. The highest BCUT2D eigenvalue weighted by molar-refractivity contribution is 5.33. The van der Waals surface area contributed by atoms with Crippen molar-refractivity contribution in [2.75, 3.05) is 13.2 Å². The molecule has 1 fully saturated rings. The molecule has 0 aromatic heterocycles. The Morgan fingerprint density at radius 3 is 3.00 bits per heavy atom. The summed E-state index contributed by atoms with van der Waals surface area (Å²) in [6.07, 6.45) is 4.78. The van der Waals surface area contributed by atoms with Gasteiger partial charge in [0.05, 0.1) is 6.61 Å². The molecule has 88 valence electrons. The molecule has 0 bridgehead atoms. The summed E-state index contributed by atoms with van der Waals surface area (Å²) in [6.45, 7) is 4.17. The Morgan fingerprint density at radius 1 is 1.38 bits per heavy atom. The van der Waals surface area contributed by atoms with E-state index in [9.17, 15) is 0 Å². The summed E-state index contributed by atoms with van der Waals surface area (Å²) in [4.78, 5) is 0. The maximum Gasteiger partial charge on any atom is 0.122 e. The second-order valence-corrected chi connectivity index (χ2v) is 4.39. The summed E-state index contributed by atoms with van der Waals surface area (Å²) in [5.74, 6) is 1.06. The molecule has 0 amide bonds. The standard InChI is InChI=1S/C14H21NO/c1-2-12-6-3-4-8-14(12)16-11-9-13-7-5-10-15-13/h3-4,6,8,13,15H,2,5,7,9-11H2,1H3. The van der Waals surface area contributed by atoms with Crippen molar-refractivity contribution in [2.24, 2.45) is 0 Å². The van der Waals surface area contributed by atoms with Crippen LogP contribution in [0.3, 0.4) is 0 Å². The summed E-state index contributed by atoms with van der Waals surface area (Å²) in [6, 6.07) is 9.00. The molecule has 2 nitrogen and oxygen atoms in total. The lowest BCUT2D eigenvalue weighted by Crippen LogP contribution is -2.23. The van der Waals surface area contributed by atoms with Gasteiger partial charge in [0.2, 0.25) is 0 Å². The number of ether oxygens (including phenoxy) is 1. The second kappa shape index (κ2) is 5.90. The summed E-state index contributed by atoms with van der Waals surface area (Å²) in [7, 11) is 0. The number of para-hydroxylation sites is 1. The fourth-order valence-corrected chi connectivity index (χ4v) is 2.25. The molecule has 1 aromatic rings. The Kier molecular flexibility index (Phi) is 4.23. The molecule has 1 aliphatic rings. The van der Waals surface area contributed by atoms with Crippen molar-refractivity contribution in [1.82, 2.24) is 5.32 Å². The fourth-order valence-electron chi connectivity index (χ4n) is 2.25. The van der Waals surface area contributed by atoms with Crippen molar-refractivity contribution in [2.45, 2.75) is 38.6 Å². The molecule has 1 aromatic carbocycles. The van der Waals surface area contributed by atoms with E-state index in [0.717, 1.165) is 25.2 Å². The monoisotopic (exact) mass is 219 g/mol. The van der Waals surface area contributed by atoms with Crippen LogP contribution in [0, 0.1) is 0 Å². The first kappa shape index (κ1) is 11.5. The van der Waals surface area contributed by atoms with Crippen LogP contribution in [-0.2, 0) is 6.42 Å². The minimum Gasteiger partial charge on any atom is -0.493 e. The Hall–Kier alpha value is -1.02. The third kappa shape index (κ3) is 2.99. The highest BCUT2D eigenvalue weighted by atomic mass is 16.5. The Bertz CT molecular complexity index is 318. The van der Waals surface area contributed by atoms with E-state index >= 15 is 0 Å². The lowest BCUT2D eigenvalue weighted by molar-refractivity contribution is 0.290. The van der Waals surface area contributed by atoms with E-state index in [1.165, 1.54) is 24.9 Å². The molecule has 1 saturated heterocycles. The van der Waals surface area contributed by atoms with Crippen molar-refractivity contribution >= 4 is 0 Å². The first-order valence-electron chi connectivity index (χ1n) is 6.34. The van der Waals surface area contributed by atoms with Gasteiger partial charge >= 0.3 is 0 Å². The lowest BCUT2D eigenvalue weighted by atomic mass is 10.1. The van der Waals surface area contributed by atoms with E-state index in [-0.39, 0.29) is 0 Å². The molecule has 1 N–H and O–H groups in total. The van der Waals surface area contributed by atoms with Gasteiger partial charge in [0, 0.05) is 6.04 Å². The van der Waals surface area contributed by atoms with Crippen LogP contribution in [0.4, 0.5) is 0 Å². The molecule has 2 heteroatoms. The summed E-state index contributed by atoms with van der Waals surface area (Å²) in [5.41, 5.74) is 1.31. The first-order valence-corrected chi connectivity index (χ1v) is 6.34. The van der Waals surface area contributed by atoms with Gasteiger partial charge in [-0.05, 0) is 43.9 Å². The number of hydrogen-bond acceptors (Lipinski definition) is 2. The van der Waals surface area contributed by atoms with Gasteiger partial charge in [-0.3, -0.25) is 0 Å². The summed E-state index contributed by atoms with van der Waals surface area (Å²) >= 11 is 0. The van der Waals surface area contributed by atoms with Crippen LogP contribution < -0.4 is 10.1 Å². The highest BCUT2D eigenvalue weighted by Crippen LogP contribution is 2.19. The zero-order valence-corrected chi connectivity index (χ0v) is 10.0. The summed E-state index contributed by atoms with van der Waals surface area (Å²) in [5, 5.41) is 3.49. The van der Waals surface area contributed by atoms with Crippen LogP contribution in [0.15, 0.2) is 24.3 Å². The number of nitrogens with one attached hydrogen (secondary N) is 1. The largest absolute Gasteiger partial charge is 0.493 e. The van der Waals surface area contributed by atoms with Crippen LogP contribution in [0.5, 0.6) is 5.75 Å². The quantitative estimate of drug-likeness (QED) is 0.822. The Balaban J connectivity index is 1.79. The smallest absolute Gasteiger partial charge is 0.122 e. The minimum atomic E-state index is 0.675. The molecule has 0 spiro atoms. The normalized spacial score (nSPS) is 19.9. The van der Waals surface area contributed by atoms with Crippen LogP contribution >= 0.6 is 0 Å². The van der Waals surface area contributed by atoms with Crippen molar-refractivity contribution in [3.05, 3.63) is 29.8 Å². The van der Waals surface area contributed by atoms with Gasteiger partial charge in [0.15, 0.2) is 0 Å². The van der Waals surface area contributed by atoms with E-state index in [0.29, 0.717) is 6.04 Å². The van der Waals surface area contributed by atoms with Gasteiger partial charge < -0.3 is 10.1 Å². The molecule has 1 aliphatic heterocycles. The molecule has 0 saturated carbocycles. The first-order chi connectivity index (χ1) is 7.90. The molecule has 1 unspecified atom stereocenters. The van der Waals surface area contributed by atoms with Gasteiger partial charge in [0.25, 0.3) is 0 Å². The van der Waals surface area contributed by atoms with Crippen LogP contribution in [0.25, 0.3) is 0 Å². The average Bonchev–Trinajstić information content (AvgIpc) is 2.83. The van der Waals surface area contributed by atoms with Crippen LogP contribution in [0.2, 0.25) is 0 Å². The minimum absolute atomic E-state index is 0.675. The molecule has 16 heavy (non-hydrogen) atoms. The predicted octanol–water partition coefficient (Wildman–Crippen LogP) is 2.77. The average molecular weight is 219 g/mol. The maximum atomic E-state index is 5.85. The third-order valence-electron chi connectivity index (χ3n) is 3.24. The van der Waals surface area contributed by atoms with Crippen LogP contribution in [0.1, 0.15) is 31.7 Å². The van der Waals surface area contributed by atoms with E-state index in [1.54, 1.807) is 0 Å². The summed E-state index contributed by atoms with van der Waals surface area (Å²) < 4.78 is 5.85. The fraction of sp³-hybridized carbons (Fsp3) is 0.571. The van der Waals surface area contributed by atoms with E-state index in [2.05, 4.69) is 30.4 Å². The molecule has 2 rings (SSSR count). The van der Waals surface area contributed by atoms with E-state index in [1.807, 2.05) is 6.07 Å². The Labute approximate surface area is 98.0 Å². The number of hydrogen-bond donors (Lipinski definition) is 1. The van der Waals surface area contributed by atoms with Gasteiger partial charge in [-0.1, -0.05) is 25.1 Å². The van der Waals surface area contributed by atoms with Gasteiger partial charge in [-0.15, -0.1) is 0 Å². The SMILES string of the molecule is CCc1ccccc1OCCC1CCCN1. The van der Waals surface area contributed by atoms with Gasteiger partial charge in [-0.25, -0.2) is 0 Å². The topological polar surface area (TPSA) is 21.3 Å². The van der Waals surface area contributed by atoms with Gasteiger partial charge in [0.1, 0.15) is 5.75 Å². The van der Waals surface area contributed by atoms with Gasteiger partial charge in [-0.2, -0.15) is 0 Å². The molecule has 0 aliphatic carbocycles. The van der Waals surface area contributed by atoms with E-state index in [4.69, 9.17) is 4.74 Å². The second-order valence-electron chi connectivity index (χ2n) is 4.39. The number of aryl methyl sites for hydroxylation is 1. The van der Waals surface area contributed by atoms with Crippen molar-refractivity contribution in [3.8, 4) is 5.75 Å². The third-order valence-corrected chi connectivity index (χ3v) is 3.24. The predicted molar refractivity (Wildman–Crippen MR) is 67.0 cm³/mol. The lowest BCUT2D eigenvalue weighted by Gasteiger charge is -2.13. The van der Waals surface area contributed by atoms with Crippen molar-refractivity contribution in [3.63, 3.8) is 0 Å². The van der Waals surface area contributed by atoms with E-state index < -0.39 is 0 Å².